The van der Waals surface area contributed by atoms with Gasteiger partial charge in [-0.15, -0.1) is 11.6 Å². The maximum absolute atomic E-state index is 10.5. The lowest BCUT2D eigenvalue weighted by Crippen LogP contribution is -1.93. The predicted octanol–water partition coefficient (Wildman–Crippen LogP) is 3.72. The molecule has 0 saturated carbocycles. The highest BCUT2D eigenvalue weighted by Crippen LogP contribution is 2.23. The normalized spacial score (nSPS) is 10.9. The number of carboxylic acids is 1. The second-order valence-electron chi connectivity index (χ2n) is 3.28. The van der Waals surface area contributed by atoms with Crippen molar-refractivity contribution < 1.29 is 9.90 Å². The summed E-state index contributed by atoms with van der Waals surface area (Å²) in [6, 6.07) is 5.82. The van der Waals surface area contributed by atoms with Crippen LogP contribution < -0.4 is 0 Å². The summed E-state index contributed by atoms with van der Waals surface area (Å²) in [5.41, 5.74) is 2.02. The Morgan fingerprint density at radius 2 is 2.25 bits per heavy atom. The Balaban J connectivity index is 2.98. The largest absolute Gasteiger partial charge is 0.478 e. The third kappa shape index (κ3) is 3.99. The van der Waals surface area contributed by atoms with E-state index in [1.807, 2.05) is 18.2 Å². The second-order valence-corrected chi connectivity index (χ2v) is 4.51. The van der Waals surface area contributed by atoms with Gasteiger partial charge in [-0.2, -0.15) is 0 Å². The van der Waals surface area contributed by atoms with E-state index in [4.69, 9.17) is 16.7 Å². The minimum absolute atomic E-state index is 0.606. The topological polar surface area (TPSA) is 37.3 Å². The monoisotopic (exact) mass is 302 g/mol. The van der Waals surface area contributed by atoms with Crippen LogP contribution in [0.15, 0.2) is 28.7 Å². The Kier molecular flexibility index (Phi) is 5.56. The number of rotatable bonds is 5. The zero-order valence-corrected chi connectivity index (χ0v) is 11.0. The molecule has 86 valence electrons. The highest BCUT2D eigenvalue weighted by atomic mass is 79.9. The SMILES string of the molecule is O=C(O)/C=C/c1c(Br)cccc1CCCCl. The number of aryl methyl sites for hydroxylation is 1. The molecule has 0 saturated heterocycles. The van der Waals surface area contributed by atoms with Gasteiger partial charge in [0.15, 0.2) is 0 Å². The molecule has 0 atom stereocenters. The van der Waals surface area contributed by atoms with E-state index in [1.54, 1.807) is 6.08 Å². The molecule has 0 fully saturated rings. The molecule has 1 aromatic rings. The molecule has 0 unspecified atom stereocenters. The van der Waals surface area contributed by atoms with Gasteiger partial charge in [0.2, 0.25) is 0 Å². The van der Waals surface area contributed by atoms with Crippen molar-refractivity contribution in [3.05, 3.63) is 39.9 Å². The van der Waals surface area contributed by atoms with Gasteiger partial charge >= 0.3 is 5.97 Å². The summed E-state index contributed by atoms with van der Waals surface area (Å²) in [6.45, 7) is 0. The van der Waals surface area contributed by atoms with Crippen molar-refractivity contribution in [3.63, 3.8) is 0 Å². The van der Waals surface area contributed by atoms with Crippen LogP contribution in [0, 0.1) is 0 Å². The molecule has 0 radical (unpaired) electrons. The summed E-state index contributed by atoms with van der Waals surface area (Å²) in [5, 5.41) is 8.61. The first-order chi connectivity index (χ1) is 7.65. The number of carbonyl (C=O) groups is 1. The molecule has 0 aromatic heterocycles. The van der Waals surface area contributed by atoms with Gasteiger partial charge in [-0.1, -0.05) is 28.1 Å². The minimum Gasteiger partial charge on any atom is -0.478 e. The van der Waals surface area contributed by atoms with E-state index in [0.717, 1.165) is 34.5 Å². The lowest BCUT2D eigenvalue weighted by molar-refractivity contribution is -0.131. The number of halogens is 2. The van der Waals surface area contributed by atoms with Gasteiger partial charge < -0.3 is 5.11 Å². The van der Waals surface area contributed by atoms with E-state index in [1.165, 1.54) is 0 Å². The number of benzene rings is 1. The lowest BCUT2D eigenvalue weighted by Gasteiger charge is -2.06. The third-order valence-corrected chi connectivity index (χ3v) is 3.07. The van der Waals surface area contributed by atoms with E-state index < -0.39 is 5.97 Å². The van der Waals surface area contributed by atoms with Crippen LogP contribution in [0.1, 0.15) is 17.5 Å². The van der Waals surface area contributed by atoms with Crippen LogP contribution in [0.5, 0.6) is 0 Å². The Hall–Kier alpha value is -0.800. The van der Waals surface area contributed by atoms with Gasteiger partial charge in [0, 0.05) is 16.4 Å². The van der Waals surface area contributed by atoms with Crippen LogP contribution in [0.2, 0.25) is 0 Å². The standard InChI is InChI=1S/C12H12BrClO2/c13-11-5-1-3-9(4-2-8-14)10(11)6-7-12(15)16/h1,3,5-7H,2,4,8H2,(H,15,16)/b7-6+. The highest BCUT2D eigenvalue weighted by molar-refractivity contribution is 9.10. The van der Waals surface area contributed by atoms with Gasteiger partial charge in [0.05, 0.1) is 0 Å². The Morgan fingerprint density at radius 3 is 2.88 bits per heavy atom. The number of alkyl halides is 1. The van der Waals surface area contributed by atoms with E-state index in [-0.39, 0.29) is 0 Å². The van der Waals surface area contributed by atoms with Crippen LogP contribution in [0.4, 0.5) is 0 Å². The van der Waals surface area contributed by atoms with Crippen LogP contribution in [-0.2, 0) is 11.2 Å². The maximum Gasteiger partial charge on any atom is 0.328 e. The first-order valence-electron chi connectivity index (χ1n) is 4.89. The molecule has 0 aliphatic rings. The fourth-order valence-electron chi connectivity index (χ4n) is 1.40. The van der Waals surface area contributed by atoms with Crippen LogP contribution in [0.25, 0.3) is 6.08 Å². The summed E-state index contributed by atoms with van der Waals surface area (Å²) in [4.78, 5) is 10.5. The number of hydrogen-bond donors (Lipinski definition) is 1. The molecular weight excluding hydrogens is 291 g/mol. The van der Waals surface area contributed by atoms with Crippen molar-refractivity contribution in [2.24, 2.45) is 0 Å². The Morgan fingerprint density at radius 1 is 1.50 bits per heavy atom. The van der Waals surface area contributed by atoms with E-state index in [0.29, 0.717) is 5.88 Å². The molecule has 0 bridgehead atoms. The summed E-state index contributed by atoms with van der Waals surface area (Å²) >= 11 is 9.06. The second kappa shape index (κ2) is 6.71. The fourth-order valence-corrected chi connectivity index (χ4v) is 2.07. The van der Waals surface area contributed by atoms with Crippen molar-refractivity contribution in [3.8, 4) is 0 Å². The first-order valence-corrected chi connectivity index (χ1v) is 6.22. The van der Waals surface area contributed by atoms with Gasteiger partial charge in [0.1, 0.15) is 0 Å². The lowest BCUT2D eigenvalue weighted by atomic mass is 10.0. The van der Waals surface area contributed by atoms with Crippen molar-refractivity contribution >= 4 is 39.6 Å². The molecule has 0 aliphatic heterocycles. The van der Waals surface area contributed by atoms with Crippen molar-refractivity contribution in [1.82, 2.24) is 0 Å². The van der Waals surface area contributed by atoms with Gasteiger partial charge in [0.25, 0.3) is 0 Å². The van der Waals surface area contributed by atoms with Crippen LogP contribution in [-0.4, -0.2) is 17.0 Å². The fraction of sp³-hybridized carbons (Fsp3) is 0.250. The molecule has 2 nitrogen and oxygen atoms in total. The van der Waals surface area contributed by atoms with Crippen LogP contribution >= 0.6 is 27.5 Å². The van der Waals surface area contributed by atoms with Crippen molar-refractivity contribution in [1.29, 1.82) is 0 Å². The van der Waals surface area contributed by atoms with Gasteiger partial charge in [-0.3, -0.25) is 0 Å². The molecular formula is C12H12BrClO2. The zero-order chi connectivity index (χ0) is 12.0. The predicted molar refractivity (Wildman–Crippen MR) is 69.9 cm³/mol. The molecule has 0 amide bonds. The summed E-state index contributed by atoms with van der Waals surface area (Å²) in [5.74, 6) is -0.340. The van der Waals surface area contributed by atoms with Gasteiger partial charge in [-0.05, 0) is 36.1 Å². The average molecular weight is 304 g/mol. The van der Waals surface area contributed by atoms with E-state index in [9.17, 15) is 4.79 Å². The molecule has 1 aromatic carbocycles. The molecule has 0 spiro atoms. The molecule has 0 aliphatic carbocycles. The summed E-state index contributed by atoms with van der Waals surface area (Å²) in [7, 11) is 0. The molecule has 16 heavy (non-hydrogen) atoms. The van der Waals surface area contributed by atoms with Crippen LogP contribution in [0.3, 0.4) is 0 Å². The maximum atomic E-state index is 10.5. The van der Waals surface area contributed by atoms with Crippen molar-refractivity contribution in [2.45, 2.75) is 12.8 Å². The Labute approximate surface area is 108 Å². The summed E-state index contributed by atoms with van der Waals surface area (Å²) in [6.07, 6.45) is 4.48. The zero-order valence-electron chi connectivity index (χ0n) is 8.62. The third-order valence-electron chi connectivity index (χ3n) is 2.12. The van der Waals surface area contributed by atoms with E-state index in [2.05, 4.69) is 15.9 Å². The number of hydrogen-bond acceptors (Lipinski definition) is 1. The minimum atomic E-state index is -0.945. The number of aliphatic carboxylic acids is 1. The Bertz CT molecular complexity index is 402. The molecule has 1 N–H and O–H groups in total. The molecule has 4 heteroatoms. The number of carboxylic acid groups (broad SMARTS) is 1. The van der Waals surface area contributed by atoms with Crippen molar-refractivity contribution in [2.75, 3.05) is 5.88 Å². The summed E-state index contributed by atoms with van der Waals surface area (Å²) < 4.78 is 0.900. The van der Waals surface area contributed by atoms with E-state index >= 15 is 0 Å². The molecule has 0 heterocycles. The molecule has 1 rings (SSSR count). The van der Waals surface area contributed by atoms with Gasteiger partial charge in [-0.25, -0.2) is 4.79 Å². The quantitative estimate of drug-likeness (QED) is 0.665. The average Bonchev–Trinajstić information content (AvgIpc) is 2.24. The first kappa shape index (κ1) is 13.3. The highest BCUT2D eigenvalue weighted by Gasteiger charge is 2.03. The smallest absolute Gasteiger partial charge is 0.328 e.